The van der Waals surface area contributed by atoms with Gasteiger partial charge in [-0.25, -0.2) is 0 Å². The lowest BCUT2D eigenvalue weighted by Gasteiger charge is -2.37. The van der Waals surface area contributed by atoms with Gasteiger partial charge in [0, 0.05) is 33.8 Å². The fraction of sp³-hybridized carbons (Fsp3) is 0.632. The van der Waals surface area contributed by atoms with Crippen molar-refractivity contribution >= 4 is 29.9 Å². The number of hydrogen-bond acceptors (Lipinski definition) is 3. The molecule has 1 aromatic rings. The second kappa shape index (κ2) is 11.6. The first-order chi connectivity index (χ1) is 11.6. The summed E-state index contributed by atoms with van der Waals surface area (Å²) in [6, 6.07) is 8.18. The van der Waals surface area contributed by atoms with Crippen molar-refractivity contribution in [1.29, 1.82) is 0 Å². The minimum Gasteiger partial charge on any atom is -0.491 e. The maximum absolute atomic E-state index is 5.59. The van der Waals surface area contributed by atoms with Crippen LogP contribution >= 0.6 is 24.0 Å². The van der Waals surface area contributed by atoms with E-state index in [2.05, 4.69) is 41.2 Å². The van der Waals surface area contributed by atoms with Crippen molar-refractivity contribution in [3.63, 3.8) is 0 Å². The molecule has 0 bridgehead atoms. The van der Waals surface area contributed by atoms with Crippen LogP contribution in [0.1, 0.15) is 25.8 Å². The van der Waals surface area contributed by atoms with E-state index in [0.717, 1.165) is 43.2 Å². The molecule has 1 aromatic carbocycles. The number of rotatable bonds is 6. The first kappa shape index (κ1) is 22.0. The molecule has 0 spiro atoms. The minimum atomic E-state index is 0. The van der Waals surface area contributed by atoms with E-state index in [1.165, 1.54) is 12.0 Å². The molecule has 6 heteroatoms. The molecule has 5 nitrogen and oxygen atoms in total. The first-order valence-electron chi connectivity index (χ1n) is 8.78. The highest BCUT2D eigenvalue weighted by molar-refractivity contribution is 14.0. The molecule has 2 atom stereocenters. The Hall–Kier alpha value is -1.02. The Kier molecular flexibility index (Phi) is 10.2. The Balaban J connectivity index is 0.00000312. The van der Waals surface area contributed by atoms with Crippen LogP contribution in [0.4, 0.5) is 0 Å². The van der Waals surface area contributed by atoms with Crippen LogP contribution in [0.2, 0.25) is 0 Å². The lowest BCUT2D eigenvalue weighted by atomic mass is 9.92. The van der Waals surface area contributed by atoms with Gasteiger partial charge in [0.25, 0.3) is 0 Å². The highest BCUT2D eigenvalue weighted by atomic mass is 127. The summed E-state index contributed by atoms with van der Waals surface area (Å²) in [4.78, 5) is 6.83. The maximum Gasteiger partial charge on any atom is 0.193 e. The summed E-state index contributed by atoms with van der Waals surface area (Å²) in [6.45, 7) is 8.74. The number of methoxy groups -OCH3 is 1. The van der Waals surface area contributed by atoms with Gasteiger partial charge in [-0.05, 0) is 36.0 Å². The topological polar surface area (TPSA) is 46.1 Å². The fourth-order valence-electron chi connectivity index (χ4n) is 3.30. The minimum absolute atomic E-state index is 0. The second-order valence-electron chi connectivity index (χ2n) is 6.74. The van der Waals surface area contributed by atoms with Crippen LogP contribution in [0.5, 0.6) is 5.75 Å². The molecule has 1 N–H and O–H groups in total. The van der Waals surface area contributed by atoms with Gasteiger partial charge in [-0.1, -0.05) is 26.0 Å². The maximum atomic E-state index is 5.59. The summed E-state index contributed by atoms with van der Waals surface area (Å²) in [5.41, 5.74) is 1.22. The normalized spacial score (nSPS) is 20.8. The molecule has 0 aliphatic carbocycles. The van der Waals surface area contributed by atoms with Gasteiger partial charge < -0.3 is 19.7 Å². The number of ether oxygens (including phenoxy) is 2. The molecular weight excluding hydrogens is 429 g/mol. The van der Waals surface area contributed by atoms with Gasteiger partial charge in [-0.3, -0.25) is 4.99 Å². The van der Waals surface area contributed by atoms with Crippen molar-refractivity contribution in [2.45, 2.75) is 26.8 Å². The predicted molar refractivity (Wildman–Crippen MR) is 114 cm³/mol. The largest absolute Gasteiger partial charge is 0.491 e. The highest BCUT2D eigenvalue weighted by Gasteiger charge is 2.23. The van der Waals surface area contributed by atoms with E-state index in [-0.39, 0.29) is 24.0 Å². The first-order valence-corrected chi connectivity index (χ1v) is 8.78. The zero-order valence-electron chi connectivity index (χ0n) is 15.8. The lowest BCUT2D eigenvalue weighted by Crippen LogP contribution is -2.48. The summed E-state index contributed by atoms with van der Waals surface area (Å²) in [5, 5.41) is 3.48. The van der Waals surface area contributed by atoms with Crippen molar-refractivity contribution < 1.29 is 9.47 Å². The molecular formula is C19H32IN3O2. The van der Waals surface area contributed by atoms with Crippen LogP contribution in [-0.4, -0.2) is 51.3 Å². The number of nitrogens with zero attached hydrogens (tertiary/aromatic N) is 2. The van der Waals surface area contributed by atoms with E-state index >= 15 is 0 Å². The van der Waals surface area contributed by atoms with Crippen LogP contribution in [0.3, 0.4) is 0 Å². The number of nitrogens with one attached hydrogen (secondary N) is 1. The van der Waals surface area contributed by atoms with Gasteiger partial charge in [0.05, 0.1) is 6.61 Å². The van der Waals surface area contributed by atoms with Crippen LogP contribution in [0.25, 0.3) is 0 Å². The van der Waals surface area contributed by atoms with Crippen molar-refractivity contribution in [3.05, 3.63) is 29.8 Å². The van der Waals surface area contributed by atoms with Gasteiger partial charge >= 0.3 is 0 Å². The molecule has 1 heterocycles. The molecule has 142 valence electrons. The smallest absolute Gasteiger partial charge is 0.193 e. The molecule has 0 aromatic heterocycles. The van der Waals surface area contributed by atoms with Crippen molar-refractivity contribution in [3.8, 4) is 5.75 Å². The highest BCUT2D eigenvalue weighted by Crippen LogP contribution is 2.21. The Bertz CT molecular complexity index is 512. The van der Waals surface area contributed by atoms with E-state index < -0.39 is 0 Å². The molecule has 1 saturated heterocycles. The third-order valence-electron chi connectivity index (χ3n) is 4.31. The molecule has 1 aliphatic rings. The summed E-state index contributed by atoms with van der Waals surface area (Å²) in [7, 11) is 3.54. The number of aliphatic imine (C=N–C) groups is 1. The second-order valence-corrected chi connectivity index (χ2v) is 6.74. The monoisotopic (exact) mass is 461 g/mol. The molecule has 1 fully saturated rings. The SMILES string of the molecule is CN=C(NCc1ccc(OCCOC)cc1)N1CC(C)CC(C)C1.I. The van der Waals surface area contributed by atoms with Crippen LogP contribution < -0.4 is 10.1 Å². The Morgan fingerprint density at radius 2 is 1.80 bits per heavy atom. The zero-order chi connectivity index (χ0) is 17.4. The number of hydrogen-bond donors (Lipinski definition) is 1. The van der Waals surface area contributed by atoms with E-state index in [1.807, 2.05) is 19.2 Å². The van der Waals surface area contributed by atoms with Crippen LogP contribution in [-0.2, 0) is 11.3 Å². The van der Waals surface area contributed by atoms with Gasteiger partial charge in [0.15, 0.2) is 5.96 Å². The third kappa shape index (κ3) is 7.40. The number of likely N-dealkylation sites (tertiary alicyclic amines) is 1. The van der Waals surface area contributed by atoms with E-state index in [9.17, 15) is 0 Å². The number of halogens is 1. The summed E-state index contributed by atoms with van der Waals surface area (Å²) < 4.78 is 10.6. The van der Waals surface area contributed by atoms with Crippen molar-refractivity contribution in [2.75, 3.05) is 40.5 Å². The standard InChI is InChI=1S/C19H31N3O2.HI/c1-15-11-16(2)14-22(13-15)19(20-3)21-12-17-5-7-18(8-6-17)24-10-9-23-4;/h5-8,15-16H,9-14H2,1-4H3,(H,20,21);1H. The van der Waals surface area contributed by atoms with Gasteiger partial charge in [0.1, 0.15) is 12.4 Å². The molecule has 25 heavy (non-hydrogen) atoms. The van der Waals surface area contributed by atoms with Gasteiger partial charge in [-0.15, -0.1) is 24.0 Å². The zero-order valence-corrected chi connectivity index (χ0v) is 18.2. The summed E-state index contributed by atoms with van der Waals surface area (Å²) >= 11 is 0. The quantitative estimate of drug-likeness (QED) is 0.306. The van der Waals surface area contributed by atoms with Crippen molar-refractivity contribution in [1.82, 2.24) is 10.2 Å². The van der Waals surface area contributed by atoms with Gasteiger partial charge in [0.2, 0.25) is 0 Å². The fourth-order valence-corrected chi connectivity index (χ4v) is 3.30. The van der Waals surface area contributed by atoms with E-state index in [1.54, 1.807) is 7.11 Å². The lowest BCUT2D eigenvalue weighted by molar-refractivity contribution is 0.146. The third-order valence-corrected chi connectivity index (χ3v) is 4.31. The van der Waals surface area contributed by atoms with Crippen molar-refractivity contribution in [2.24, 2.45) is 16.8 Å². The molecule has 1 aliphatic heterocycles. The Labute approximate surface area is 169 Å². The average molecular weight is 461 g/mol. The van der Waals surface area contributed by atoms with Gasteiger partial charge in [-0.2, -0.15) is 0 Å². The Morgan fingerprint density at radius 3 is 2.36 bits per heavy atom. The summed E-state index contributed by atoms with van der Waals surface area (Å²) in [6.07, 6.45) is 1.30. The molecule has 0 radical (unpaired) electrons. The number of guanidine groups is 1. The number of benzene rings is 1. The molecule has 0 saturated carbocycles. The molecule has 0 amide bonds. The Morgan fingerprint density at radius 1 is 1.16 bits per heavy atom. The summed E-state index contributed by atoms with van der Waals surface area (Å²) in [5.74, 6) is 3.30. The molecule has 2 unspecified atom stereocenters. The number of piperidine rings is 1. The predicted octanol–water partition coefficient (Wildman–Crippen LogP) is 3.38. The van der Waals surface area contributed by atoms with E-state index in [0.29, 0.717) is 13.2 Å². The van der Waals surface area contributed by atoms with Crippen LogP contribution in [0, 0.1) is 11.8 Å². The van der Waals surface area contributed by atoms with E-state index in [4.69, 9.17) is 9.47 Å². The van der Waals surface area contributed by atoms with Crippen LogP contribution in [0.15, 0.2) is 29.3 Å². The molecule has 2 rings (SSSR count). The average Bonchev–Trinajstić information content (AvgIpc) is 2.56.